The lowest BCUT2D eigenvalue weighted by Crippen LogP contribution is -2.44. The summed E-state index contributed by atoms with van der Waals surface area (Å²) >= 11 is 0. The van der Waals surface area contributed by atoms with Crippen molar-refractivity contribution in [1.29, 1.82) is 0 Å². The highest BCUT2D eigenvalue weighted by Crippen LogP contribution is 2.25. The van der Waals surface area contributed by atoms with Gasteiger partial charge < -0.3 is 15.0 Å². The van der Waals surface area contributed by atoms with Crippen molar-refractivity contribution in [3.05, 3.63) is 29.8 Å². The van der Waals surface area contributed by atoms with Gasteiger partial charge in [-0.2, -0.15) is 0 Å². The Bertz CT molecular complexity index is 405. The molecule has 1 N–H and O–H groups in total. The quantitative estimate of drug-likeness (QED) is 0.903. The predicted molar refractivity (Wildman–Crippen MR) is 80.6 cm³/mol. The molecule has 2 rings (SSSR count). The number of methoxy groups -OCH3 is 1. The van der Waals surface area contributed by atoms with E-state index in [0.29, 0.717) is 12.0 Å². The van der Waals surface area contributed by atoms with Crippen molar-refractivity contribution in [3.8, 4) is 0 Å². The Morgan fingerprint density at radius 3 is 2.74 bits per heavy atom. The summed E-state index contributed by atoms with van der Waals surface area (Å²) in [5.74, 6) is 0.634. The van der Waals surface area contributed by atoms with Crippen molar-refractivity contribution < 1.29 is 4.74 Å². The fourth-order valence-corrected chi connectivity index (χ4v) is 2.61. The van der Waals surface area contributed by atoms with Crippen LogP contribution in [0.15, 0.2) is 24.3 Å². The molecule has 2 atom stereocenters. The van der Waals surface area contributed by atoms with Gasteiger partial charge in [0.1, 0.15) is 0 Å². The fraction of sp³-hybridized carbons (Fsp3) is 0.625. The molecule has 19 heavy (non-hydrogen) atoms. The molecule has 1 aromatic carbocycles. The number of hydrogen-bond donors (Lipinski definition) is 1. The Morgan fingerprint density at radius 1 is 1.32 bits per heavy atom. The van der Waals surface area contributed by atoms with E-state index in [-0.39, 0.29) is 6.10 Å². The van der Waals surface area contributed by atoms with Gasteiger partial charge in [-0.05, 0) is 24.5 Å². The summed E-state index contributed by atoms with van der Waals surface area (Å²) in [7, 11) is 1.78. The van der Waals surface area contributed by atoms with Gasteiger partial charge in [0.2, 0.25) is 0 Å². The summed E-state index contributed by atoms with van der Waals surface area (Å²) in [6.07, 6.45) is 0.249. The number of nitrogens with one attached hydrogen (secondary N) is 1. The van der Waals surface area contributed by atoms with Gasteiger partial charge in [-0.15, -0.1) is 0 Å². The van der Waals surface area contributed by atoms with Crippen LogP contribution in [0.25, 0.3) is 0 Å². The van der Waals surface area contributed by atoms with Crippen LogP contribution in [0.5, 0.6) is 0 Å². The third-order valence-electron chi connectivity index (χ3n) is 3.99. The number of nitrogens with zero attached hydrogens (tertiary/aromatic N) is 1. The van der Waals surface area contributed by atoms with E-state index in [1.54, 1.807) is 7.11 Å². The first-order valence-electron chi connectivity index (χ1n) is 7.21. The van der Waals surface area contributed by atoms with Gasteiger partial charge in [0.25, 0.3) is 0 Å². The molecule has 0 saturated carbocycles. The van der Waals surface area contributed by atoms with E-state index in [1.807, 2.05) is 0 Å². The van der Waals surface area contributed by atoms with E-state index in [2.05, 4.69) is 55.3 Å². The Labute approximate surface area is 116 Å². The zero-order valence-electron chi connectivity index (χ0n) is 12.5. The Balaban J connectivity index is 2.24. The van der Waals surface area contributed by atoms with Crippen molar-refractivity contribution in [2.24, 2.45) is 5.92 Å². The maximum Gasteiger partial charge on any atom is 0.0718 e. The standard InChI is InChI=1S/C16H26N2O/c1-12(2)15-11-18(10-13(3)19-4)16-8-6-5-7-14(16)9-17-15/h5-8,12-13,15,17H,9-11H2,1-4H3. The monoisotopic (exact) mass is 262 g/mol. The third-order valence-corrected chi connectivity index (χ3v) is 3.99. The molecule has 0 radical (unpaired) electrons. The van der Waals surface area contributed by atoms with Gasteiger partial charge in [0.15, 0.2) is 0 Å². The Morgan fingerprint density at radius 2 is 2.05 bits per heavy atom. The first kappa shape index (κ1) is 14.4. The summed E-state index contributed by atoms with van der Waals surface area (Å²) in [5.41, 5.74) is 2.73. The zero-order valence-corrected chi connectivity index (χ0v) is 12.5. The van der Waals surface area contributed by atoms with Crippen LogP contribution in [0.2, 0.25) is 0 Å². The topological polar surface area (TPSA) is 24.5 Å². The van der Waals surface area contributed by atoms with E-state index in [0.717, 1.165) is 19.6 Å². The first-order valence-corrected chi connectivity index (χ1v) is 7.21. The van der Waals surface area contributed by atoms with Gasteiger partial charge >= 0.3 is 0 Å². The molecule has 1 aliphatic rings. The molecule has 1 heterocycles. The maximum atomic E-state index is 5.44. The number of benzene rings is 1. The first-order chi connectivity index (χ1) is 9.11. The molecule has 0 saturated heterocycles. The molecule has 0 amide bonds. The highest BCUT2D eigenvalue weighted by Gasteiger charge is 2.24. The van der Waals surface area contributed by atoms with Gasteiger partial charge in [0.05, 0.1) is 6.10 Å². The maximum absolute atomic E-state index is 5.44. The molecule has 1 aromatic rings. The van der Waals surface area contributed by atoms with Crippen molar-refractivity contribution in [3.63, 3.8) is 0 Å². The predicted octanol–water partition coefficient (Wildman–Crippen LogP) is 2.66. The molecule has 0 aromatic heterocycles. The van der Waals surface area contributed by atoms with Gasteiger partial charge in [-0.3, -0.25) is 0 Å². The number of rotatable bonds is 4. The Hall–Kier alpha value is -1.06. The van der Waals surface area contributed by atoms with Crippen LogP contribution >= 0.6 is 0 Å². The van der Waals surface area contributed by atoms with E-state index < -0.39 is 0 Å². The SMILES string of the molecule is COC(C)CN1CC(C(C)C)NCc2ccccc21. The zero-order chi connectivity index (χ0) is 13.8. The largest absolute Gasteiger partial charge is 0.380 e. The van der Waals surface area contributed by atoms with Crippen LogP contribution in [0.3, 0.4) is 0 Å². The molecular weight excluding hydrogens is 236 g/mol. The summed E-state index contributed by atoms with van der Waals surface area (Å²) in [6.45, 7) is 9.64. The summed E-state index contributed by atoms with van der Waals surface area (Å²) in [6, 6.07) is 9.21. The lowest BCUT2D eigenvalue weighted by molar-refractivity contribution is 0.122. The lowest BCUT2D eigenvalue weighted by Gasteiger charge is -2.31. The summed E-state index contributed by atoms with van der Waals surface area (Å²) in [4.78, 5) is 2.47. The molecule has 3 heteroatoms. The Kier molecular flexibility index (Phi) is 4.83. The molecular formula is C16H26N2O. The minimum Gasteiger partial charge on any atom is -0.380 e. The van der Waals surface area contributed by atoms with Crippen LogP contribution in [0.1, 0.15) is 26.3 Å². The van der Waals surface area contributed by atoms with Crippen molar-refractivity contribution >= 4 is 5.69 Å². The smallest absolute Gasteiger partial charge is 0.0718 e. The second-order valence-electron chi connectivity index (χ2n) is 5.81. The summed E-state index contributed by atoms with van der Waals surface area (Å²) in [5, 5.41) is 3.68. The molecule has 3 nitrogen and oxygen atoms in total. The van der Waals surface area contributed by atoms with Crippen LogP contribution in [-0.2, 0) is 11.3 Å². The normalized spacial score (nSPS) is 21.1. The van der Waals surface area contributed by atoms with Crippen molar-refractivity contribution in [1.82, 2.24) is 5.32 Å². The van der Waals surface area contributed by atoms with E-state index in [9.17, 15) is 0 Å². The second-order valence-corrected chi connectivity index (χ2v) is 5.81. The van der Waals surface area contributed by atoms with Gasteiger partial charge in [-0.1, -0.05) is 32.0 Å². The minimum absolute atomic E-state index is 0.249. The number of anilines is 1. The average Bonchev–Trinajstić information content (AvgIpc) is 2.59. The van der Waals surface area contributed by atoms with E-state index in [1.165, 1.54) is 11.3 Å². The second kappa shape index (κ2) is 6.40. The summed E-state index contributed by atoms with van der Waals surface area (Å²) < 4.78 is 5.44. The van der Waals surface area contributed by atoms with Crippen LogP contribution in [0, 0.1) is 5.92 Å². The van der Waals surface area contributed by atoms with Crippen molar-refractivity contribution in [2.75, 3.05) is 25.1 Å². The number of hydrogen-bond acceptors (Lipinski definition) is 3. The number of ether oxygens (including phenoxy) is 1. The molecule has 0 aliphatic carbocycles. The molecule has 0 fully saturated rings. The third kappa shape index (κ3) is 3.48. The molecule has 0 spiro atoms. The number of para-hydroxylation sites is 1. The lowest BCUT2D eigenvalue weighted by atomic mass is 10.0. The molecule has 106 valence electrons. The highest BCUT2D eigenvalue weighted by molar-refractivity contribution is 5.54. The van der Waals surface area contributed by atoms with Crippen LogP contribution < -0.4 is 10.2 Å². The molecule has 2 unspecified atom stereocenters. The van der Waals surface area contributed by atoms with Crippen molar-refractivity contribution in [2.45, 2.75) is 39.5 Å². The van der Waals surface area contributed by atoms with E-state index >= 15 is 0 Å². The van der Waals surface area contributed by atoms with Gasteiger partial charge in [0, 0.05) is 38.5 Å². The van der Waals surface area contributed by atoms with E-state index in [4.69, 9.17) is 4.74 Å². The molecule has 1 aliphatic heterocycles. The molecule has 0 bridgehead atoms. The minimum atomic E-state index is 0.249. The fourth-order valence-electron chi connectivity index (χ4n) is 2.61. The highest BCUT2D eigenvalue weighted by atomic mass is 16.5. The number of fused-ring (bicyclic) bond motifs is 1. The van der Waals surface area contributed by atoms with Gasteiger partial charge in [-0.25, -0.2) is 0 Å². The average molecular weight is 262 g/mol. The van der Waals surface area contributed by atoms with Crippen LogP contribution in [0.4, 0.5) is 5.69 Å². The van der Waals surface area contributed by atoms with Crippen LogP contribution in [-0.4, -0.2) is 32.3 Å².